The van der Waals surface area contributed by atoms with Crippen molar-refractivity contribution in [2.75, 3.05) is 6.54 Å². The van der Waals surface area contributed by atoms with Gasteiger partial charge in [-0.2, -0.15) is 0 Å². The van der Waals surface area contributed by atoms with Crippen LogP contribution in [0, 0.1) is 0 Å². The lowest BCUT2D eigenvalue weighted by molar-refractivity contribution is -0.0371. The number of benzene rings is 2. The normalized spacial score (nSPS) is 24.2. The fourth-order valence-corrected chi connectivity index (χ4v) is 3.77. The topological polar surface area (TPSA) is 52.5 Å². The van der Waals surface area contributed by atoms with Gasteiger partial charge in [0.1, 0.15) is 5.72 Å². The van der Waals surface area contributed by atoms with Gasteiger partial charge in [-0.05, 0) is 49.3 Å². The second kappa shape index (κ2) is 8.63. The van der Waals surface area contributed by atoms with Crippen molar-refractivity contribution in [2.45, 2.75) is 50.9 Å². The van der Waals surface area contributed by atoms with Crippen molar-refractivity contribution in [1.82, 2.24) is 5.32 Å². The Morgan fingerprint density at radius 3 is 2.27 bits per heavy atom. The van der Waals surface area contributed by atoms with Crippen LogP contribution < -0.4 is 5.32 Å². The van der Waals surface area contributed by atoms with Crippen LogP contribution in [0.5, 0.6) is 0 Å². The zero-order valence-electron chi connectivity index (χ0n) is 15.5. The maximum atomic E-state index is 11.3. The number of hydrogen-bond donors (Lipinski definition) is 3. The minimum Gasteiger partial charge on any atom is -0.393 e. The third-order valence-corrected chi connectivity index (χ3v) is 5.30. The zero-order valence-corrected chi connectivity index (χ0v) is 15.5. The summed E-state index contributed by atoms with van der Waals surface area (Å²) in [6.45, 7) is 2.74. The summed E-state index contributed by atoms with van der Waals surface area (Å²) in [5.41, 5.74) is 3.54. The summed E-state index contributed by atoms with van der Waals surface area (Å²) >= 11 is 0. The molecule has 26 heavy (non-hydrogen) atoms. The maximum absolute atomic E-state index is 11.3. The number of aliphatic hydroxyl groups excluding tert-OH is 1. The monoisotopic (exact) mass is 351 g/mol. The molecular formula is C23H29NO2. The lowest BCUT2D eigenvalue weighted by atomic mass is 9.83. The highest BCUT2D eigenvalue weighted by molar-refractivity contribution is 5.31. The number of nitrogens with one attached hydrogen (secondary N) is 1. The molecule has 0 bridgehead atoms. The first kappa shape index (κ1) is 18.8. The second-order valence-corrected chi connectivity index (χ2v) is 7.34. The van der Waals surface area contributed by atoms with Gasteiger partial charge >= 0.3 is 0 Å². The Morgan fingerprint density at radius 2 is 1.65 bits per heavy atom. The minimum atomic E-state index is -1.13. The molecule has 3 nitrogen and oxygen atoms in total. The molecule has 1 saturated heterocycles. The van der Waals surface area contributed by atoms with E-state index in [4.69, 9.17) is 0 Å². The van der Waals surface area contributed by atoms with Gasteiger partial charge in [0.05, 0.1) is 6.10 Å². The molecule has 3 heteroatoms. The number of aryl methyl sites for hydroxylation is 1. The molecule has 0 aliphatic carbocycles. The van der Waals surface area contributed by atoms with Crippen LogP contribution >= 0.6 is 0 Å². The van der Waals surface area contributed by atoms with Crippen LogP contribution in [-0.4, -0.2) is 28.6 Å². The average Bonchev–Trinajstić information content (AvgIpc) is 2.65. The number of piperidine rings is 1. The fraction of sp³-hybridized carbons (Fsp3) is 0.391. The van der Waals surface area contributed by atoms with E-state index in [9.17, 15) is 10.2 Å². The number of hydrogen-bond acceptors (Lipinski definition) is 3. The van der Waals surface area contributed by atoms with Crippen molar-refractivity contribution in [1.29, 1.82) is 0 Å². The average molecular weight is 351 g/mol. The SMILES string of the molecule is C/C(CCc1ccccc1)=C(/Cc1ccccc1)C1(O)CC(O)CCN1. The van der Waals surface area contributed by atoms with Gasteiger partial charge < -0.3 is 10.2 Å². The smallest absolute Gasteiger partial charge is 0.141 e. The molecule has 1 fully saturated rings. The van der Waals surface area contributed by atoms with Crippen LogP contribution in [0.25, 0.3) is 0 Å². The van der Waals surface area contributed by atoms with E-state index in [0.717, 1.165) is 18.4 Å². The molecular weight excluding hydrogens is 322 g/mol. The Balaban J connectivity index is 1.85. The molecule has 3 rings (SSSR count). The van der Waals surface area contributed by atoms with Crippen molar-refractivity contribution >= 4 is 0 Å². The van der Waals surface area contributed by atoms with E-state index in [0.29, 0.717) is 25.8 Å². The largest absolute Gasteiger partial charge is 0.393 e. The van der Waals surface area contributed by atoms with Gasteiger partial charge in [-0.25, -0.2) is 0 Å². The summed E-state index contributed by atoms with van der Waals surface area (Å²) in [7, 11) is 0. The molecule has 1 heterocycles. The predicted molar refractivity (Wildman–Crippen MR) is 106 cm³/mol. The van der Waals surface area contributed by atoms with E-state index in [1.54, 1.807) is 0 Å². The second-order valence-electron chi connectivity index (χ2n) is 7.34. The van der Waals surface area contributed by atoms with Crippen molar-refractivity contribution in [3.05, 3.63) is 82.9 Å². The summed E-state index contributed by atoms with van der Waals surface area (Å²) in [4.78, 5) is 0. The molecule has 0 spiro atoms. The first-order chi connectivity index (χ1) is 12.6. The summed E-state index contributed by atoms with van der Waals surface area (Å²) < 4.78 is 0. The molecule has 0 saturated carbocycles. The third kappa shape index (κ3) is 4.82. The molecule has 2 aromatic rings. The number of aliphatic hydroxyl groups is 2. The van der Waals surface area contributed by atoms with Crippen molar-refractivity contribution in [3.63, 3.8) is 0 Å². The van der Waals surface area contributed by atoms with Crippen LogP contribution in [-0.2, 0) is 12.8 Å². The molecule has 0 radical (unpaired) electrons. The number of allylic oxidation sites excluding steroid dienone is 1. The van der Waals surface area contributed by atoms with Gasteiger partial charge in [0.15, 0.2) is 0 Å². The van der Waals surface area contributed by atoms with Gasteiger partial charge in [-0.1, -0.05) is 66.2 Å². The Hall–Kier alpha value is -1.94. The van der Waals surface area contributed by atoms with E-state index in [1.807, 2.05) is 24.3 Å². The van der Waals surface area contributed by atoms with Crippen LogP contribution in [0.2, 0.25) is 0 Å². The van der Waals surface area contributed by atoms with Crippen molar-refractivity contribution in [3.8, 4) is 0 Å². The highest BCUT2D eigenvalue weighted by Gasteiger charge is 2.37. The molecule has 2 unspecified atom stereocenters. The quantitative estimate of drug-likeness (QED) is 0.697. The summed E-state index contributed by atoms with van der Waals surface area (Å²) in [5, 5.41) is 24.7. The highest BCUT2D eigenvalue weighted by Crippen LogP contribution is 2.31. The number of rotatable bonds is 6. The predicted octanol–water partition coefficient (Wildman–Crippen LogP) is 3.61. The Morgan fingerprint density at radius 1 is 1.04 bits per heavy atom. The van der Waals surface area contributed by atoms with Crippen LogP contribution in [0.1, 0.15) is 37.3 Å². The van der Waals surface area contributed by atoms with Gasteiger partial charge in [0.2, 0.25) is 0 Å². The molecule has 1 aliphatic heterocycles. The van der Waals surface area contributed by atoms with Crippen LogP contribution in [0.15, 0.2) is 71.8 Å². The first-order valence-electron chi connectivity index (χ1n) is 9.49. The maximum Gasteiger partial charge on any atom is 0.141 e. The fourth-order valence-electron chi connectivity index (χ4n) is 3.77. The minimum absolute atomic E-state index is 0.345. The lowest BCUT2D eigenvalue weighted by Crippen LogP contribution is -2.54. The molecule has 0 amide bonds. The van der Waals surface area contributed by atoms with E-state index < -0.39 is 11.8 Å². The van der Waals surface area contributed by atoms with Gasteiger partial charge in [0.25, 0.3) is 0 Å². The summed E-state index contributed by atoms with van der Waals surface area (Å²) in [6, 6.07) is 20.7. The van der Waals surface area contributed by atoms with Crippen molar-refractivity contribution < 1.29 is 10.2 Å². The van der Waals surface area contributed by atoms with Gasteiger partial charge in [-0.15, -0.1) is 0 Å². The summed E-state index contributed by atoms with van der Waals surface area (Å²) in [5.74, 6) is 0. The molecule has 138 valence electrons. The van der Waals surface area contributed by atoms with E-state index >= 15 is 0 Å². The molecule has 2 atom stereocenters. The van der Waals surface area contributed by atoms with Gasteiger partial charge in [-0.3, -0.25) is 5.32 Å². The Kier molecular flexibility index (Phi) is 6.25. The first-order valence-corrected chi connectivity index (χ1v) is 9.49. The van der Waals surface area contributed by atoms with Crippen LogP contribution in [0.3, 0.4) is 0 Å². The van der Waals surface area contributed by atoms with Crippen LogP contribution in [0.4, 0.5) is 0 Å². The Labute approximate surface area is 156 Å². The standard InChI is InChI=1S/C23H29NO2/c1-18(12-13-19-8-4-2-5-9-19)22(16-20-10-6-3-7-11-20)23(26)17-21(25)14-15-24-23/h2-11,21,24-26H,12-17H2,1H3/b22-18+. The molecule has 3 N–H and O–H groups in total. The molecule has 2 aromatic carbocycles. The summed E-state index contributed by atoms with van der Waals surface area (Å²) in [6.07, 6.45) is 3.10. The highest BCUT2D eigenvalue weighted by atomic mass is 16.3. The van der Waals surface area contributed by atoms with E-state index in [-0.39, 0.29) is 0 Å². The van der Waals surface area contributed by atoms with E-state index in [1.165, 1.54) is 16.7 Å². The van der Waals surface area contributed by atoms with Gasteiger partial charge in [0, 0.05) is 13.0 Å². The zero-order chi connectivity index (χ0) is 18.4. The van der Waals surface area contributed by atoms with Crippen molar-refractivity contribution in [2.24, 2.45) is 0 Å². The lowest BCUT2D eigenvalue weighted by Gasteiger charge is -2.39. The molecule has 0 aromatic heterocycles. The molecule has 1 aliphatic rings. The Bertz CT molecular complexity index is 726. The van der Waals surface area contributed by atoms with E-state index in [2.05, 4.69) is 48.6 Å². The third-order valence-electron chi connectivity index (χ3n) is 5.30.